The van der Waals surface area contributed by atoms with E-state index in [9.17, 15) is 14.0 Å². The molecule has 2 aromatic heterocycles. The van der Waals surface area contributed by atoms with Gasteiger partial charge in [-0.2, -0.15) is 5.10 Å². The van der Waals surface area contributed by atoms with Crippen molar-refractivity contribution in [1.29, 1.82) is 0 Å². The molecule has 9 heteroatoms. The van der Waals surface area contributed by atoms with E-state index < -0.39 is 0 Å². The first kappa shape index (κ1) is 21.2. The number of benzene rings is 2. The number of carbonyl (C=O) groups is 1. The Morgan fingerprint density at radius 3 is 2.48 bits per heavy atom. The van der Waals surface area contributed by atoms with Crippen LogP contribution in [0, 0.1) is 12.7 Å². The maximum atomic E-state index is 13.2. The van der Waals surface area contributed by atoms with Crippen molar-refractivity contribution in [2.75, 3.05) is 0 Å². The van der Waals surface area contributed by atoms with Gasteiger partial charge >= 0.3 is 0 Å². The predicted octanol–water partition coefficient (Wildman–Crippen LogP) is 3.87. The summed E-state index contributed by atoms with van der Waals surface area (Å²) in [5, 5.41) is 5.21. The standard InChI is InChI=1S/C22H14Cl2FN3O2S/c1-12-17(21(24)28(27-12)16-8-6-15(25)7-9-16)10-19-22(30)26-20(31-19)11-18(29)13-2-4-14(23)5-3-13/h2-11H,1H3,(H,26,30)/b19-10-,20-11-. The van der Waals surface area contributed by atoms with Gasteiger partial charge in [-0.3, -0.25) is 9.59 Å². The van der Waals surface area contributed by atoms with E-state index in [0.29, 0.717) is 41.9 Å². The van der Waals surface area contributed by atoms with Gasteiger partial charge in [-0.25, -0.2) is 9.07 Å². The molecule has 0 saturated heterocycles. The zero-order chi connectivity index (χ0) is 22.1. The average Bonchev–Trinajstić information content (AvgIpc) is 3.22. The van der Waals surface area contributed by atoms with E-state index in [1.54, 1.807) is 49.4 Å². The molecule has 0 aliphatic heterocycles. The van der Waals surface area contributed by atoms with E-state index in [4.69, 9.17) is 23.2 Å². The first-order chi connectivity index (χ1) is 14.8. The lowest BCUT2D eigenvalue weighted by atomic mass is 10.1. The number of aryl methyl sites for hydroxylation is 1. The van der Waals surface area contributed by atoms with Crippen molar-refractivity contribution < 1.29 is 9.18 Å². The number of aromatic amines is 1. The molecule has 2 heterocycles. The van der Waals surface area contributed by atoms with Crippen molar-refractivity contribution >= 4 is 52.5 Å². The molecule has 0 atom stereocenters. The molecule has 0 bridgehead atoms. The lowest BCUT2D eigenvalue weighted by Crippen LogP contribution is -2.20. The third kappa shape index (κ3) is 4.54. The topological polar surface area (TPSA) is 67.8 Å². The van der Waals surface area contributed by atoms with Crippen molar-refractivity contribution in [3.8, 4) is 5.69 Å². The molecular weight excluding hydrogens is 460 g/mol. The van der Waals surface area contributed by atoms with Crippen molar-refractivity contribution in [2.24, 2.45) is 0 Å². The number of rotatable bonds is 4. The van der Waals surface area contributed by atoms with Gasteiger partial charge in [-0.15, -0.1) is 11.3 Å². The second-order valence-corrected chi connectivity index (χ2v) is 8.50. The molecule has 0 radical (unpaired) electrons. The van der Waals surface area contributed by atoms with Gasteiger partial charge in [0.25, 0.3) is 5.56 Å². The molecule has 2 aromatic carbocycles. The van der Waals surface area contributed by atoms with E-state index >= 15 is 0 Å². The highest BCUT2D eigenvalue weighted by atomic mass is 35.5. The Kier molecular flexibility index (Phi) is 5.91. The number of Topliss-reactive ketones (excluding diaryl/α,β-unsaturated/α-hetero) is 1. The summed E-state index contributed by atoms with van der Waals surface area (Å²) in [4.78, 5) is 27.5. The summed E-state index contributed by atoms with van der Waals surface area (Å²) in [5.74, 6) is -0.614. The van der Waals surface area contributed by atoms with Crippen molar-refractivity contribution in [3.63, 3.8) is 0 Å². The minimum Gasteiger partial charge on any atom is -0.313 e. The number of hydrogen-bond acceptors (Lipinski definition) is 4. The molecule has 0 amide bonds. The quantitative estimate of drug-likeness (QED) is 0.457. The molecule has 0 saturated carbocycles. The van der Waals surface area contributed by atoms with E-state index in [1.807, 2.05) is 0 Å². The number of carbonyl (C=O) groups excluding carboxylic acids is 1. The lowest BCUT2D eigenvalue weighted by molar-refractivity contribution is 0.106. The minimum absolute atomic E-state index is 0.251. The van der Waals surface area contributed by atoms with Crippen LogP contribution in [0.25, 0.3) is 17.8 Å². The van der Waals surface area contributed by atoms with E-state index in [0.717, 1.165) is 11.3 Å². The number of aromatic nitrogens is 3. The maximum Gasteiger partial charge on any atom is 0.266 e. The fraction of sp³-hybridized carbons (Fsp3) is 0.0455. The van der Waals surface area contributed by atoms with Crippen LogP contribution in [0.4, 0.5) is 4.39 Å². The summed E-state index contributed by atoms with van der Waals surface area (Å²) in [6.07, 6.45) is 2.99. The molecule has 156 valence electrons. The lowest BCUT2D eigenvalue weighted by Gasteiger charge is -2.02. The summed E-state index contributed by atoms with van der Waals surface area (Å²) in [7, 11) is 0. The van der Waals surface area contributed by atoms with Crippen LogP contribution in [0.15, 0.2) is 53.3 Å². The Labute approximate surface area is 189 Å². The minimum atomic E-state index is -0.363. The third-order valence-corrected chi connectivity index (χ3v) is 6.04. The number of nitrogens with zero attached hydrogens (tertiary/aromatic N) is 2. The summed E-state index contributed by atoms with van der Waals surface area (Å²) in [5.41, 5.74) is 1.88. The van der Waals surface area contributed by atoms with Gasteiger partial charge in [0.15, 0.2) is 5.78 Å². The number of halogens is 3. The van der Waals surface area contributed by atoms with Gasteiger partial charge in [0, 0.05) is 22.2 Å². The highest BCUT2D eigenvalue weighted by molar-refractivity contribution is 7.07. The second kappa shape index (κ2) is 8.63. The Bertz CT molecular complexity index is 1450. The Hall–Kier alpha value is -3.00. The normalized spacial score (nSPS) is 12.5. The Balaban J connectivity index is 1.73. The molecule has 4 aromatic rings. The number of nitrogens with one attached hydrogen (secondary N) is 1. The van der Waals surface area contributed by atoms with Crippen LogP contribution >= 0.6 is 34.5 Å². The van der Waals surface area contributed by atoms with Crippen LogP contribution in [-0.2, 0) is 0 Å². The van der Waals surface area contributed by atoms with Crippen molar-refractivity contribution in [1.82, 2.24) is 14.8 Å². The predicted molar refractivity (Wildman–Crippen MR) is 121 cm³/mol. The average molecular weight is 474 g/mol. The molecule has 1 N–H and O–H groups in total. The number of ketones is 1. The second-order valence-electron chi connectivity index (χ2n) is 6.62. The zero-order valence-electron chi connectivity index (χ0n) is 16.0. The monoisotopic (exact) mass is 473 g/mol. The van der Waals surface area contributed by atoms with E-state index in [1.165, 1.54) is 22.9 Å². The van der Waals surface area contributed by atoms with Crippen molar-refractivity contribution in [2.45, 2.75) is 6.92 Å². The first-order valence-electron chi connectivity index (χ1n) is 9.05. The summed E-state index contributed by atoms with van der Waals surface area (Å²) < 4.78 is 15.5. The third-order valence-electron chi connectivity index (χ3n) is 4.47. The van der Waals surface area contributed by atoms with Gasteiger partial charge in [0.2, 0.25) is 0 Å². The summed E-state index contributed by atoms with van der Waals surface area (Å²) in [6, 6.07) is 12.2. The van der Waals surface area contributed by atoms with Crippen LogP contribution < -0.4 is 14.8 Å². The fourth-order valence-corrected chi connectivity index (χ4v) is 4.22. The van der Waals surface area contributed by atoms with Gasteiger partial charge in [-0.05, 0) is 61.5 Å². The van der Waals surface area contributed by atoms with Gasteiger partial charge < -0.3 is 4.98 Å². The molecular formula is C22H14Cl2FN3O2S. The van der Waals surface area contributed by atoms with Gasteiger partial charge in [0.05, 0.1) is 20.6 Å². The smallest absolute Gasteiger partial charge is 0.266 e. The number of H-pyrrole nitrogens is 1. The van der Waals surface area contributed by atoms with Gasteiger partial charge in [0.1, 0.15) is 11.0 Å². The molecule has 0 fully saturated rings. The van der Waals surface area contributed by atoms with Crippen molar-refractivity contribution in [3.05, 3.63) is 101 Å². The number of hydrogen-bond donors (Lipinski definition) is 1. The van der Waals surface area contributed by atoms with Crippen LogP contribution in [0.2, 0.25) is 10.2 Å². The molecule has 0 aliphatic rings. The molecule has 0 unspecified atom stereocenters. The molecule has 5 nitrogen and oxygen atoms in total. The Morgan fingerprint density at radius 2 is 1.81 bits per heavy atom. The highest BCUT2D eigenvalue weighted by Gasteiger charge is 2.13. The molecule has 4 rings (SSSR count). The first-order valence-corrected chi connectivity index (χ1v) is 10.6. The largest absolute Gasteiger partial charge is 0.313 e. The van der Waals surface area contributed by atoms with Gasteiger partial charge in [-0.1, -0.05) is 23.2 Å². The van der Waals surface area contributed by atoms with Crippen LogP contribution in [-0.4, -0.2) is 20.5 Å². The van der Waals surface area contributed by atoms with E-state index in [-0.39, 0.29) is 17.2 Å². The van der Waals surface area contributed by atoms with Crippen LogP contribution in [0.1, 0.15) is 21.6 Å². The zero-order valence-corrected chi connectivity index (χ0v) is 18.4. The SMILES string of the molecule is Cc1nn(-c2ccc(F)cc2)c(Cl)c1/C=c1\s/c(=C\C(=O)c2ccc(Cl)cc2)[nH]c1=O. The fourth-order valence-electron chi connectivity index (χ4n) is 2.90. The summed E-state index contributed by atoms with van der Waals surface area (Å²) in [6.45, 7) is 1.76. The summed E-state index contributed by atoms with van der Waals surface area (Å²) >= 11 is 13.5. The Morgan fingerprint density at radius 1 is 1.13 bits per heavy atom. The molecule has 31 heavy (non-hydrogen) atoms. The highest BCUT2D eigenvalue weighted by Crippen LogP contribution is 2.24. The maximum absolute atomic E-state index is 13.2. The van der Waals surface area contributed by atoms with E-state index in [2.05, 4.69) is 10.1 Å². The molecule has 0 spiro atoms. The number of thiazole rings is 1. The molecule has 0 aliphatic carbocycles. The van der Waals surface area contributed by atoms with Crippen LogP contribution in [0.3, 0.4) is 0 Å². The van der Waals surface area contributed by atoms with Crippen LogP contribution in [0.5, 0.6) is 0 Å².